The second-order valence-corrected chi connectivity index (χ2v) is 10.8. The van der Waals surface area contributed by atoms with Gasteiger partial charge in [0.25, 0.3) is 0 Å². The van der Waals surface area contributed by atoms with Crippen LogP contribution in [0.25, 0.3) is 0 Å². The van der Waals surface area contributed by atoms with Crippen molar-refractivity contribution < 1.29 is 14.3 Å². The molecule has 6 heteroatoms. The summed E-state index contributed by atoms with van der Waals surface area (Å²) in [5, 5.41) is 2.79. The molecule has 1 amide bonds. The smallest absolute Gasteiger partial charge is 0.311 e. The van der Waals surface area contributed by atoms with Crippen molar-refractivity contribution >= 4 is 11.9 Å². The van der Waals surface area contributed by atoms with Gasteiger partial charge in [-0.05, 0) is 54.4 Å². The molecule has 0 aliphatic carbocycles. The Balaban J connectivity index is 2.75. The first kappa shape index (κ1) is 24.9. The number of nitrogens with one attached hydrogen (secondary N) is 1. The molecule has 1 heterocycles. The number of carbonyl (C=O) groups is 2. The van der Waals surface area contributed by atoms with E-state index in [0.29, 0.717) is 0 Å². The normalized spacial score (nSPS) is 18.1. The summed E-state index contributed by atoms with van der Waals surface area (Å²) in [6, 6.07) is 0. The van der Waals surface area contributed by atoms with Gasteiger partial charge in [0.05, 0.1) is 12.5 Å². The number of piperazine rings is 1. The van der Waals surface area contributed by atoms with Crippen LogP contribution in [-0.2, 0) is 14.3 Å². The van der Waals surface area contributed by atoms with Crippen molar-refractivity contribution in [3.05, 3.63) is 0 Å². The molecule has 0 aromatic carbocycles. The maximum atomic E-state index is 12.2. The number of ether oxygens (including phenoxy) is 1. The highest BCUT2D eigenvalue weighted by molar-refractivity contribution is 5.81. The van der Waals surface area contributed by atoms with Crippen LogP contribution in [0.1, 0.15) is 68.2 Å². The van der Waals surface area contributed by atoms with Crippen molar-refractivity contribution in [3.8, 4) is 0 Å². The maximum Gasteiger partial charge on any atom is 0.311 e. The zero-order valence-electron chi connectivity index (χ0n) is 19.9. The second kappa shape index (κ2) is 8.70. The highest BCUT2D eigenvalue weighted by Crippen LogP contribution is 2.36. The zero-order valence-corrected chi connectivity index (χ0v) is 19.9. The van der Waals surface area contributed by atoms with E-state index < -0.39 is 10.8 Å². The predicted molar refractivity (Wildman–Crippen MR) is 114 cm³/mol. The Morgan fingerprint density at radius 2 is 1.14 bits per heavy atom. The average molecular weight is 398 g/mol. The van der Waals surface area contributed by atoms with Gasteiger partial charge in [-0.25, -0.2) is 0 Å². The summed E-state index contributed by atoms with van der Waals surface area (Å²) in [5.74, 6) is -0.0674. The molecule has 1 fully saturated rings. The van der Waals surface area contributed by atoms with E-state index in [1.165, 1.54) is 7.11 Å². The number of amides is 1. The van der Waals surface area contributed by atoms with Crippen molar-refractivity contribution in [3.63, 3.8) is 0 Å². The van der Waals surface area contributed by atoms with Crippen molar-refractivity contribution in [1.82, 2.24) is 15.1 Å². The van der Waals surface area contributed by atoms with Crippen molar-refractivity contribution in [1.29, 1.82) is 0 Å². The first-order chi connectivity index (χ1) is 12.6. The third-order valence-electron chi connectivity index (χ3n) is 6.32. The average Bonchev–Trinajstić information content (AvgIpc) is 2.58. The fourth-order valence-corrected chi connectivity index (χ4v) is 5.07. The van der Waals surface area contributed by atoms with Gasteiger partial charge in [0, 0.05) is 49.7 Å². The Hall–Kier alpha value is -1.14. The molecular weight excluding hydrogens is 354 g/mol. The first-order valence-electron chi connectivity index (χ1n) is 10.4. The molecule has 6 nitrogen and oxygen atoms in total. The molecule has 1 N–H and O–H groups in total. The molecule has 1 rings (SSSR count). The van der Waals surface area contributed by atoms with Gasteiger partial charge in [-0.1, -0.05) is 13.8 Å². The lowest BCUT2D eigenvalue weighted by atomic mass is 9.77. The Bertz CT molecular complexity index is 509. The van der Waals surface area contributed by atoms with Crippen LogP contribution in [-0.4, -0.2) is 73.1 Å². The van der Waals surface area contributed by atoms with Gasteiger partial charge in [-0.2, -0.15) is 0 Å². The standard InChI is InChI=1S/C22H43N3O3/c1-19(2,17(26)23-9)15-21(5,6)24-11-13-25(14-12-24)22(7,8)16-20(3,4)18(27)28-10/h11-16H2,1-10H3,(H,23,26). The van der Waals surface area contributed by atoms with E-state index >= 15 is 0 Å². The molecule has 1 aliphatic heterocycles. The molecule has 0 aromatic heterocycles. The van der Waals surface area contributed by atoms with Gasteiger partial charge < -0.3 is 10.1 Å². The topological polar surface area (TPSA) is 61.9 Å². The van der Waals surface area contributed by atoms with Gasteiger partial charge in [0.2, 0.25) is 5.91 Å². The van der Waals surface area contributed by atoms with Crippen LogP contribution in [0.15, 0.2) is 0 Å². The Labute approximate surface area is 172 Å². The van der Waals surface area contributed by atoms with E-state index in [4.69, 9.17) is 4.74 Å². The minimum absolute atomic E-state index is 0.0580. The third-order valence-corrected chi connectivity index (χ3v) is 6.32. The fraction of sp³-hybridized carbons (Fsp3) is 0.909. The first-order valence-corrected chi connectivity index (χ1v) is 10.4. The van der Waals surface area contributed by atoms with E-state index in [1.807, 2.05) is 27.7 Å². The molecule has 28 heavy (non-hydrogen) atoms. The van der Waals surface area contributed by atoms with Crippen molar-refractivity contribution in [2.45, 2.75) is 79.3 Å². The quantitative estimate of drug-likeness (QED) is 0.638. The number of methoxy groups -OCH3 is 1. The molecule has 1 saturated heterocycles. The van der Waals surface area contributed by atoms with Gasteiger partial charge in [0.15, 0.2) is 0 Å². The molecule has 1 aliphatic rings. The van der Waals surface area contributed by atoms with Crippen molar-refractivity contribution in [2.24, 2.45) is 10.8 Å². The van der Waals surface area contributed by atoms with Gasteiger partial charge in [-0.15, -0.1) is 0 Å². The third kappa shape index (κ3) is 5.93. The van der Waals surface area contributed by atoms with E-state index in [0.717, 1.165) is 39.0 Å². The largest absolute Gasteiger partial charge is 0.469 e. The molecule has 0 aromatic rings. The van der Waals surface area contributed by atoms with Gasteiger partial charge in [0.1, 0.15) is 0 Å². The van der Waals surface area contributed by atoms with Crippen LogP contribution < -0.4 is 5.32 Å². The molecule has 0 saturated carbocycles. The number of rotatable bonds is 8. The number of carbonyl (C=O) groups excluding carboxylic acids is 2. The summed E-state index contributed by atoms with van der Waals surface area (Å²) in [5.41, 5.74) is -1.06. The van der Waals surface area contributed by atoms with Crippen LogP contribution in [0.2, 0.25) is 0 Å². The molecular formula is C22H43N3O3. The molecule has 0 atom stereocenters. The summed E-state index contributed by atoms with van der Waals surface area (Å²) in [7, 11) is 3.16. The number of hydrogen-bond donors (Lipinski definition) is 1. The lowest BCUT2D eigenvalue weighted by Gasteiger charge is -2.51. The summed E-state index contributed by atoms with van der Waals surface area (Å²) >= 11 is 0. The van der Waals surface area contributed by atoms with E-state index in [9.17, 15) is 9.59 Å². The SMILES string of the molecule is CNC(=O)C(C)(C)CC(C)(C)N1CCN(C(C)(C)CC(C)(C)C(=O)OC)CC1. The molecule has 164 valence electrons. The van der Waals surface area contributed by atoms with E-state index in [-0.39, 0.29) is 23.0 Å². The van der Waals surface area contributed by atoms with Crippen molar-refractivity contribution in [2.75, 3.05) is 40.3 Å². The Morgan fingerprint density at radius 1 is 0.786 bits per heavy atom. The zero-order chi connectivity index (χ0) is 22.0. The summed E-state index contributed by atoms with van der Waals surface area (Å²) in [4.78, 5) is 29.3. The lowest BCUT2D eigenvalue weighted by molar-refractivity contribution is -0.153. The Kier molecular flexibility index (Phi) is 7.74. The monoisotopic (exact) mass is 397 g/mol. The number of hydrogen-bond acceptors (Lipinski definition) is 5. The van der Waals surface area contributed by atoms with Crippen LogP contribution in [0.3, 0.4) is 0 Å². The Morgan fingerprint density at radius 3 is 1.46 bits per heavy atom. The molecule has 0 bridgehead atoms. The minimum atomic E-state index is -0.508. The summed E-state index contributed by atoms with van der Waals surface area (Å²) < 4.78 is 4.99. The molecule has 0 spiro atoms. The highest BCUT2D eigenvalue weighted by atomic mass is 16.5. The predicted octanol–water partition coefficient (Wildman–Crippen LogP) is 2.91. The van der Waals surface area contributed by atoms with Crippen LogP contribution in [0.4, 0.5) is 0 Å². The van der Waals surface area contributed by atoms with Gasteiger partial charge in [-0.3, -0.25) is 19.4 Å². The number of nitrogens with zero attached hydrogens (tertiary/aromatic N) is 2. The maximum absolute atomic E-state index is 12.2. The minimum Gasteiger partial charge on any atom is -0.469 e. The lowest BCUT2D eigenvalue weighted by Crippen LogP contribution is -2.61. The van der Waals surface area contributed by atoms with Gasteiger partial charge >= 0.3 is 5.97 Å². The molecule has 0 unspecified atom stereocenters. The van der Waals surface area contributed by atoms with Crippen LogP contribution in [0.5, 0.6) is 0 Å². The summed E-state index contributed by atoms with van der Waals surface area (Å²) in [6.07, 6.45) is 1.55. The number of esters is 1. The molecule has 0 radical (unpaired) electrons. The van der Waals surface area contributed by atoms with E-state index in [1.54, 1.807) is 7.05 Å². The summed E-state index contributed by atoms with van der Waals surface area (Å²) in [6.45, 7) is 20.7. The van der Waals surface area contributed by atoms with Crippen LogP contribution in [0, 0.1) is 10.8 Å². The second-order valence-electron chi connectivity index (χ2n) is 10.8. The fourth-order valence-electron chi connectivity index (χ4n) is 5.07. The van der Waals surface area contributed by atoms with E-state index in [2.05, 4.69) is 42.8 Å². The van der Waals surface area contributed by atoms with Crippen LogP contribution >= 0.6 is 0 Å². The highest BCUT2D eigenvalue weighted by Gasteiger charge is 2.42.